The van der Waals surface area contributed by atoms with Crippen molar-refractivity contribution in [3.05, 3.63) is 99.0 Å². The zero-order valence-electron chi connectivity index (χ0n) is 15.8. The van der Waals surface area contributed by atoms with Gasteiger partial charge < -0.3 is 5.32 Å². The fourth-order valence-electron chi connectivity index (χ4n) is 2.57. The van der Waals surface area contributed by atoms with E-state index >= 15 is 0 Å². The number of nitrogens with one attached hydrogen (secondary N) is 3. The van der Waals surface area contributed by atoms with Gasteiger partial charge in [-0.15, -0.1) is 0 Å². The quantitative estimate of drug-likeness (QED) is 0.515. The molecule has 0 atom stereocenters. The SMILES string of the molecule is Cc1ccc(C(=O)NNC(=O)c2cccc(NC(=O)c3ccc(Cl)cc3Cl)c2)cc1. The molecule has 0 aliphatic rings. The molecular weight excluding hydrogens is 425 g/mol. The summed E-state index contributed by atoms with van der Waals surface area (Å²) in [7, 11) is 0. The van der Waals surface area contributed by atoms with Gasteiger partial charge in [0.25, 0.3) is 17.7 Å². The molecule has 3 N–H and O–H groups in total. The van der Waals surface area contributed by atoms with Gasteiger partial charge in [-0.2, -0.15) is 0 Å². The highest BCUT2D eigenvalue weighted by molar-refractivity contribution is 6.37. The third kappa shape index (κ3) is 5.37. The van der Waals surface area contributed by atoms with E-state index in [1.54, 1.807) is 48.5 Å². The number of hydrogen-bond acceptors (Lipinski definition) is 3. The van der Waals surface area contributed by atoms with Gasteiger partial charge in [-0.05, 0) is 55.5 Å². The second-order valence-corrected chi connectivity index (χ2v) is 7.28. The lowest BCUT2D eigenvalue weighted by Crippen LogP contribution is -2.41. The number of aryl methyl sites for hydroxylation is 1. The van der Waals surface area contributed by atoms with Crippen molar-refractivity contribution < 1.29 is 14.4 Å². The zero-order valence-corrected chi connectivity index (χ0v) is 17.3. The normalized spacial score (nSPS) is 10.2. The Balaban J connectivity index is 1.64. The maximum atomic E-state index is 12.4. The first kappa shape index (κ1) is 21.4. The molecule has 3 rings (SSSR count). The van der Waals surface area contributed by atoms with Gasteiger partial charge in [0, 0.05) is 21.8 Å². The molecule has 3 amide bonds. The Morgan fingerprint density at radius 2 is 1.40 bits per heavy atom. The third-order valence-electron chi connectivity index (χ3n) is 4.16. The molecule has 0 spiro atoms. The van der Waals surface area contributed by atoms with Crippen molar-refractivity contribution in [2.75, 3.05) is 5.32 Å². The van der Waals surface area contributed by atoms with Crippen LogP contribution in [0.25, 0.3) is 0 Å². The van der Waals surface area contributed by atoms with Crippen LogP contribution in [0.5, 0.6) is 0 Å². The van der Waals surface area contributed by atoms with Crippen LogP contribution < -0.4 is 16.2 Å². The Labute approximate surface area is 183 Å². The molecule has 8 heteroatoms. The van der Waals surface area contributed by atoms with Crippen LogP contribution in [-0.2, 0) is 0 Å². The van der Waals surface area contributed by atoms with Gasteiger partial charge in [0.15, 0.2) is 0 Å². The van der Waals surface area contributed by atoms with E-state index in [1.165, 1.54) is 18.2 Å². The highest BCUT2D eigenvalue weighted by atomic mass is 35.5. The third-order valence-corrected chi connectivity index (χ3v) is 4.71. The van der Waals surface area contributed by atoms with Crippen molar-refractivity contribution in [1.29, 1.82) is 0 Å². The number of benzene rings is 3. The number of carbonyl (C=O) groups excluding carboxylic acids is 3. The maximum absolute atomic E-state index is 12.4. The Kier molecular flexibility index (Phi) is 6.72. The fraction of sp³-hybridized carbons (Fsp3) is 0.0455. The van der Waals surface area contributed by atoms with Crippen molar-refractivity contribution in [2.45, 2.75) is 6.92 Å². The summed E-state index contributed by atoms with van der Waals surface area (Å²) < 4.78 is 0. The minimum atomic E-state index is -0.531. The van der Waals surface area contributed by atoms with Gasteiger partial charge in [0.05, 0.1) is 10.6 Å². The van der Waals surface area contributed by atoms with E-state index in [-0.39, 0.29) is 16.1 Å². The highest BCUT2D eigenvalue weighted by Crippen LogP contribution is 2.22. The highest BCUT2D eigenvalue weighted by Gasteiger charge is 2.13. The van der Waals surface area contributed by atoms with E-state index in [2.05, 4.69) is 16.2 Å². The molecule has 0 fully saturated rings. The van der Waals surface area contributed by atoms with Crippen molar-refractivity contribution >= 4 is 46.6 Å². The molecule has 0 aliphatic heterocycles. The average molecular weight is 442 g/mol. The molecule has 0 radical (unpaired) electrons. The average Bonchev–Trinajstić information content (AvgIpc) is 2.72. The van der Waals surface area contributed by atoms with Gasteiger partial charge in [-0.25, -0.2) is 0 Å². The van der Waals surface area contributed by atoms with E-state index in [0.717, 1.165) is 5.56 Å². The Morgan fingerprint density at radius 1 is 0.733 bits per heavy atom. The summed E-state index contributed by atoms with van der Waals surface area (Å²) >= 11 is 11.9. The molecular formula is C22H17Cl2N3O3. The van der Waals surface area contributed by atoms with Crippen LogP contribution in [0.1, 0.15) is 36.6 Å². The molecule has 0 saturated carbocycles. The molecule has 3 aromatic rings. The first-order valence-electron chi connectivity index (χ1n) is 8.87. The molecule has 6 nitrogen and oxygen atoms in total. The summed E-state index contributed by atoms with van der Waals surface area (Å²) in [4.78, 5) is 36.9. The van der Waals surface area contributed by atoms with Crippen LogP contribution >= 0.6 is 23.2 Å². The standard InChI is InChI=1S/C22H17Cl2N3O3/c1-13-5-7-14(8-6-13)20(28)26-27-21(29)15-3-2-4-17(11-15)25-22(30)18-10-9-16(23)12-19(18)24/h2-12H,1H3,(H,25,30)(H,26,28)(H,27,29). The summed E-state index contributed by atoms with van der Waals surface area (Å²) in [5, 5.41) is 3.31. The molecule has 3 aromatic carbocycles. The van der Waals surface area contributed by atoms with Crippen molar-refractivity contribution in [3.8, 4) is 0 Å². The van der Waals surface area contributed by atoms with Crippen LogP contribution in [-0.4, -0.2) is 17.7 Å². The Morgan fingerprint density at radius 3 is 2.07 bits per heavy atom. The van der Waals surface area contributed by atoms with Crippen molar-refractivity contribution in [2.24, 2.45) is 0 Å². The number of anilines is 1. The van der Waals surface area contributed by atoms with E-state index in [4.69, 9.17) is 23.2 Å². The summed E-state index contributed by atoms with van der Waals surface area (Å²) in [5.74, 6) is -1.41. The number of hydrazine groups is 1. The molecule has 152 valence electrons. The molecule has 0 aliphatic carbocycles. The fourth-order valence-corrected chi connectivity index (χ4v) is 3.07. The van der Waals surface area contributed by atoms with Gasteiger partial charge in [0.2, 0.25) is 0 Å². The Hall–Kier alpha value is -3.35. The monoisotopic (exact) mass is 441 g/mol. The second kappa shape index (κ2) is 9.43. The van der Waals surface area contributed by atoms with Crippen LogP contribution in [0.2, 0.25) is 10.0 Å². The van der Waals surface area contributed by atoms with Crippen molar-refractivity contribution in [1.82, 2.24) is 10.9 Å². The van der Waals surface area contributed by atoms with E-state index in [1.807, 2.05) is 6.92 Å². The summed E-state index contributed by atoms with van der Waals surface area (Å²) in [6.45, 7) is 1.91. The number of hydrogen-bond donors (Lipinski definition) is 3. The van der Waals surface area contributed by atoms with Gasteiger partial charge in [-0.1, -0.05) is 47.0 Å². The first-order valence-corrected chi connectivity index (χ1v) is 9.63. The second-order valence-electron chi connectivity index (χ2n) is 6.43. The molecule has 30 heavy (non-hydrogen) atoms. The Bertz CT molecular complexity index is 1110. The number of amides is 3. The minimum absolute atomic E-state index is 0.215. The summed E-state index contributed by atoms with van der Waals surface area (Å²) in [6.07, 6.45) is 0. The van der Waals surface area contributed by atoms with Crippen LogP contribution in [0.3, 0.4) is 0 Å². The van der Waals surface area contributed by atoms with E-state index in [9.17, 15) is 14.4 Å². The van der Waals surface area contributed by atoms with Crippen molar-refractivity contribution in [3.63, 3.8) is 0 Å². The van der Waals surface area contributed by atoms with Crippen LogP contribution in [0.15, 0.2) is 66.7 Å². The minimum Gasteiger partial charge on any atom is -0.322 e. The smallest absolute Gasteiger partial charge is 0.269 e. The summed E-state index contributed by atoms with van der Waals surface area (Å²) in [6, 6.07) is 17.7. The topological polar surface area (TPSA) is 87.3 Å². The van der Waals surface area contributed by atoms with Crippen LogP contribution in [0, 0.1) is 6.92 Å². The van der Waals surface area contributed by atoms with E-state index in [0.29, 0.717) is 16.3 Å². The number of carbonyl (C=O) groups is 3. The number of halogens is 2. The van der Waals surface area contributed by atoms with E-state index < -0.39 is 17.7 Å². The lowest BCUT2D eigenvalue weighted by atomic mass is 10.1. The predicted molar refractivity (Wildman–Crippen MR) is 117 cm³/mol. The number of rotatable bonds is 4. The first-order chi connectivity index (χ1) is 14.3. The van der Waals surface area contributed by atoms with Gasteiger partial charge >= 0.3 is 0 Å². The maximum Gasteiger partial charge on any atom is 0.269 e. The molecule has 0 heterocycles. The lowest BCUT2D eigenvalue weighted by Gasteiger charge is -2.10. The van der Waals surface area contributed by atoms with Crippen LogP contribution in [0.4, 0.5) is 5.69 Å². The van der Waals surface area contributed by atoms with Gasteiger partial charge in [-0.3, -0.25) is 25.2 Å². The molecule has 0 unspecified atom stereocenters. The molecule has 0 bridgehead atoms. The molecule has 0 saturated heterocycles. The predicted octanol–water partition coefficient (Wildman–Crippen LogP) is 4.63. The zero-order chi connectivity index (χ0) is 21.7. The summed E-state index contributed by atoms with van der Waals surface area (Å²) in [5.41, 5.74) is 7.05. The molecule has 0 aromatic heterocycles. The van der Waals surface area contributed by atoms with Gasteiger partial charge in [0.1, 0.15) is 0 Å². The largest absolute Gasteiger partial charge is 0.322 e. The lowest BCUT2D eigenvalue weighted by molar-refractivity contribution is 0.0846.